The Morgan fingerprint density at radius 3 is 2.38 bits per heavy atom. The lowest BCUT2D eigenvalue weighted by Crippen LogP contribution is -2.58. The standard InChI is InChI=1S/C20H16ClN3O5/c21-16-8-11(9-17(25)24-16)18(26)22-13-5-6-14(13)23-19(27)15-7-10-3-1-2-4-12(10)20(28)29-15/h1-4,7-9,13-14H,5-6H2,(H,22,26)(H,23,27)(H,24,25)/t13-,14+/m1/s1. The van der Waals surface area contributed by atoms with Gasteiger partial charge in [0.25, 0.3) is 11.8 Å². The van der Waals surface area contributed by atoms with Crippen LogP contribution in [0.3, 0.4) is 0 Å². The molecule has 0 bridgehead atoms. The number of carbonyl (C=O) groups is 2. The van der Waals surface area contributed by atoms with Gasteiger partial charge in [-0.25, -0.2) is 4.79 Å². The number of aromatic amines is 1. The number of rotatable bonds is 4. The molecule has 0 spiro atoms. The first-order valence-electron chi connectivity index (χ1n) is 8.95. The van der Waals surface area contributed by atoms with Crippen LogP contribution >= 0.6 is 11.6 Å². The molecule has 29 heavy (non-hydrogen) atoms. The lowest BCUT2D eigenvalue weighted by atomic mass is 9.86. The number of hydrogen-bond donors (Lipinski definition) is 3. The third-order valence-electron chi connectivity index (χ3n) is 4.87. The fraction of sp³-hybridized carbons (Fsp3) is 0.200. The van der Waals surface area contributed by atoms with Crippen LogP contribution in [-0.2, 0) is 0 Å². The molecule has 1 aliphatic carbocycles. The summed E-state index contributed by atoms with van der Waals surface area (Å²) in [7, 11) is 0. The molecule has 3 N–H and O–H groups in total. The Hall–Kier alpha value is -3.39. The van der Waals surface area contributed by atoms with Gasteiger partial charge in [-0.3, -0.25) is 14.4 Å². The second-order valence-electron chi connectivity index (χ2n) is 6.80. The zero-order valence-electron chi connectivity index (χ0n) is 15.0. The second kappa shape index (κ2) is 7.56. The number of aromatic nitrogens is 1. The zero-order chi connectivity index (χ0) is 20.5. The predicted molar refractivity (Wildman–Crippen MR) is 106 cm³/mol. The Kier molecular flexibility index (Phi) is 4.94. The van der Waals surface area contributed by atoms with Gasteiger partial charge < -0.3 is 20.0 Å². The molecule has 0 unspecified atom stereocenters. The lowest BCUT2D eigenvalue weighted by Gasteiger charge is -2.37. The monoisotopic (exact) mass is 413 g/mol. The van der Waals surface area contributed by atoms with Gasteiger partial charge in [0.15, 0.2) is 5.76 Å². The minimum Gasteiger partial charge on any atom is -0.417 e. The van der Waals surface area contributed by atoms with Crippen molar-refractivity contribution in [2.24, 2.45) is 0 Å². The molecule has 0 saturated heterocycles. The van der Waals surface area contributed by atoms with Gasteiger partial charge in [-0.2, -0.15) is 0 Å². The third kappa shape index (κ3) is 3.93. The Morgan fingerprint density at radius 2 is 1.69 bits per heavy atom. The summed E-state index contributed by atoms with van der Waals surface area (Å²) < 4.78 is 5.13. The van der Waals surface area contributed by atoms with Crippen LogP contribution in [0.25, 0.3) is 10.8 Å². The first-order chi connectivity index (χ1) is 13.9. The summed E-state index contributed by atoms with van der Waals surface area (Å²) in [4.78, 5) is 50.7. The fourth-order valence-corrected chi connectivity index (χ4v) is 3.43. The van der Waals surface area contributed by atoms with Crippen molar-refractivity contribution in [1.29, 1.82) is 0 Å². The van der Waals surface area contributed by atoms with Crippen LogP contribution in [0.5, 0.6) is 0 Å². The van der Waals surface area contributed by atoms with Crippen LogP contribution in [-0.4, -0.2) is 28.9 Å². The van der Waals surface area contributed by atoms with E-state index in [0.29, 0.717) is 23.6 Å². The number of benzene rings is 1. The Labute approximate surface area is 168 Å². The van der Waals surface area contributed by atoms with Crippen molar-refractivity contribution in [3.63, 3.8) is 0 Å². The fourth-order valence-electron chi connectivity index (χ4n) is 3.22. The van der Waals surface area contributed by atoms with E-state index in [-0.39, 0.29) is 28.6 Å². The average Bonchev–Trinajstić information content (AvgIpc) is 2.68. The summed E-state index contributed by atoms with van der Waals surface area (Å²) in [6.45, 7) is 0. The molecular formula is C20H16ClN3O5. The second-order valence-corrected chi connectivity index (χ2v) is 7.21. The highest BCUT2D eigenvalue weighted by Gasteiger charge is 2.34. The maximum Gasteiger partial charge on any atom is 0.344 e. The molecule has 8 nitrogen and oxygen atoms in total. The van der Waals surface area contributed by atoms with Crippen molar-refractivity contribution < 1.29 is 14.0 Å². The van der Waals surface area contributed by atoms with E-state index in [2.05, 4.69) is 15.6 Å². The van der Waals surface area contributed by atoms with Crippen LogP contribution in [0.4, 0.5) is 0 Å². The van der Waals surface area contributed by atoms with E-state index in [1.165, 1.54) is 12.1 Å². The molecule has 3 aromatic rings. The number of halogens is 1. The van der Waals surface area contributed by atoms with E-state index in [0.717, 1.165) is 6.07 Å². The molecule has 148 valence electrons. The van der Waals surface area contributed by atoms with Crippen molar-refractivity contribution >= 4 is 34.2 Å². The number of nitrogens with one attached hydrogen (secondary N) is 3. The van der Waals surface area contributed by atoms with Crippen molar-refractivity contribution in [1.82, 2.24) is 15.6 Å². The minimum atomic E-state index is -0.585. The normalized spacial score (nSPS) is 18.1. The van der Waals surface area contributed by atoms with Gasteiger partial charge in [-0.05, 0) is 36.4 Å². The van der Waals surface area contributed by atoms with Crippen molar-refractivity contribution in [3.05, 3.63) is 79.7 Å². The minimum absolute atomic E-state index is 0.0624. The molecule has 0 radical (unpaired) electrons. The van der Waals surface area contributed by atoms with Crippen LogP contribution in [0.1, 0.15) is 33.8 Å². The smallest absolute Gasteiger partial charge is 0.344 e. The Balaban J connectivity index is 1.45. The molecule has 2 atom stereocenters. The molecular weight excluding hydrogens is 398 g/mol. The van der Waals surface area contributed by atoms with E-state index in [4.69, 9.17) is 16.0 Å². The molecule has 2 heterocycles. The van der Waals surface area contributed by atoms with Crippen molar-refractivity contribution in [2.45, 2.75) is 24.9 Å². The highest BCUT2D eigenvalue weighted by molar-refractivity contribution is 6.29. The van der Waals surface area contributed by atoms with Gasteiger partial charge in [0.05, 0.1) is 5.39 Å². The van der Waals surface area contributed by atoms with Crippen LogP contribution in [0, 0.1) is 0 Å². The summed E-state index contributed by atoms with van der Waals surface area (Å²) in [5.41, 5.74) is -0.929. The topological polar surface area (TPSA) is 121 Å². The van der Waals surface area contributed by atoms with Crippen molar-refractivity contribution in [2.75, 3.05) is 0 Å². The molecule has 2 aromatic heterocycles. The quantitative estimate of drug-likeness (QED) is 0.563. The van der Waals surface area contributed by atoms with E-state index in [1.54, 1.807) is 24.3 Å². The highest BCUT2D eigenvalue weighted by Crippen LogP contribution is 2.21. The van der Waals surface area contributed by atoms with Crippen LogP contribution in [0.15, 0.2) is 56.5 Å². The van der Waals surface area contributed by atoms with E-state index >= 15 is 0 Å². The number of carbonyl (C=O) groups excluding carboxylic acids is 2. The first kappa shape index (κ1) is 18.9. The largest absolute Gasteiger partial charge is 0.417 e. The molecule has 9 heteroatoms. The third-order valence-corrected chi connectivity index (χ3v) is 5.08. The van der Waals surface area contributed by atoms with E-state index in [1.807, 2.05) is 0 Å². The molecule has 1 fully saturated rings. The summed E-state index contributed by atoms with van der Waals surface area (Å²) in [6.07, 6.45) is 1.32. The molecule has 1 aliphatic rings. The molecule has 2 amide bonds. The summed E-state index contributed by atoms with van der Waals surface area (Å²) in [5.74, 6) is -1.08. The van der Waals surface area contributed by atoms with Gasteiger partial charge in [-0.15, -0.1) is 0 Å². The van der Waals surface area contributed by atoms with E-state index < -0.39 is 23.0 Å². The number of H-pyrrole nitrogens is 1. The zero-order valence-corrected chi connectivity index (χ0v) is 15.8. The van der Waals surface area contributed by atoms with Gasteiger partial charge in [0, 0.05) is 23.7 Å². The SMILES string of the molecule is O=C(N[C@@H]1CC[C@@H]1NC(=O)c1cc2ccccc2c(=O)o1)c1cc(Cl)[nH]c(=O)c1. The number of amides is 2. The Morgan fingerprint density at radius 1 is 1.00 bits per heavy atom. The molecule has 1 saturated carbocycles. The first-order valence-corrected chi connectivity index (χ1v) is 9.33. The highest BCUT2D eigenvalue weighted by atomic mass is 35.5. The van der Waals surface area contributed by atoms with Gasteiger partial charge in [0.2, 0.25) is 5.56 Å². The molecule has 4 rings (SSSR count). The maximum atomic E-state index is 12.5. The van der Waals surface area contributed by atoms with Gasteiger partial charge >= 0.3 is 5.63 Å². The summed E-state index contributed by atoms with van der Waals surface area (Å²) >= 11 is 5.77. The van der Waals surface area contributed by atoms with Crippen molar-refractivity contribution in [3.8, 4) is 0 Å². The van der Waals surface area contributed by atoms with Crippen LogP contribution in [0.2, 0.25) is 5.15 Å². The summed E-state index contributed by atoms with van der Waals surface area (Å²) in [6, 6.07) is 10.2. The summed E-state index contributed by atoms with van der Waals surface area (Å²) in [5, 5.41) is 6.62. The van der Waals surface area contributed by atoms with Gasteiger partial charge in [0.1, 0.15) is 5.15 Å². The maximum absolute atomic E-state index is 12.5. The van der Waals surface area contributed by atoms with Gasteiger partial charge in [-0.1, -0.05) is 29.8 Å². The van der Waals surface area contributed by atoms with E-state index in [9.17, 15) is 19.2 Å². The average molecular weight is 414 g/mol. The number of hydrogen-bond acceptors (Lipinski definition) is 5. The number of pyridine rings is 1. The lowest BCUT2D eigenvalue weighted by molar-refractivity contribution is 0.0811. The Bertz CT molecular complexity index is 1230. The van der Waals surface area contributed by atoms with Crippen LogP contribution < -0.4 is 21.8 Å². The molecule has 0 aliphatic heterocycles. The predicted octanol–water partition coefficient (Wildman–Crippen LogP) is 1.83. The number of fused-ring (bicyclic) bond motifs is 1. The molecule has 1 aromatic carbocycles.